The monoisotopic (exact) mass is 323 g/mol. The molecule has 0 aromatic carbocycles. The van der Waals surface area contributed by atoms with E-state index in [2.05, 4.69) is 28.0 Å². The Balaban J connectivity index is 2.25. The van der Waals surface area contributed by atoms with Crippen LogP contribution in [0.15, 0.2) is 30.6 Å². The van der Waals surface area contributed by atoms with Crippen molar-refractivity contribution >= 4 is 27.4 Å². The van der Waals surface area contributed by atoms with Crippen LogP contribution in [-0.2, 0) is 0 Å². The maximum Gasteiger partial charge on any atom is 0.257 e. The standard InChI is InChI=1S/C14H18BrN3O/c1-2-3-8-17(10-7-15)14(19)12-11-16-18-9-5-4-6-13(12)18/h4-6,9,11H,2-3,7-8,10H2,1H3. The minimum absolute atomic E-state index is 0.0640. The summed E-state index contributed by atoms with van der Waals surface area (Å²) in [4.78, 5) is 14.5. The van der Waals surface area contributed by atoms with Crippen LogP contribution in [0.3, 0.4) is 0 Å². The summed E-state index contributed by atoms with van der Waals surface area (Å²) < 4.78 is 1.74. The molecule has 2 rings (SSSR count). The summed E-state index contributed by atoms with van der Waals surface area (Å²) in [5, 5.41) is 5.01. The summed E-state index contributed by atoms with van der Waals surface area (Å²) in [6.45, 7) is 3.65. The van der Waals surface area contributed by atoms with Gasteiger partial charge in [0.15, 0.2) is 0 Å². The molecule has 5 heteroatoms. The minimum atomic E-state index is 0.0640. The topological polar surface area (TPSA) is 37.6 Å². The molecule has 0 aliphatic carbocycles. The lowest BCUT2D eigenvalue weighted by atomic mass is 10.2. The second-order valence-electron chi connectivity index (χ2n) is 4.42. The van der Waals surface area contributed by atoms with E-state index >= 15 is 0 Å². The van der Waals surface area contributed by atoms with Crippen LogP contribution in [0.1, 0.15) is 30.1 Å². The van der Waals surface area contributed by atoms with Crippen molar-refractivity contribution in [2.75, 3.05) is 18.4 Å². The van der Waals surface area contributed by atoms with E-state index in [1.807, 2.05) is 29.3 Å². The summed E-state index contributed by atoms with van der Waals surface area (Å²) in [6.07, 6.45) is 5.62. The molecular formula is C14H18BrN3O. The zero-order valence-electron chi connectivity index (χ0n) is 11.1. The van der Waals surface area contributed by atoms with Crippen LogP contribution in [0, 0.1) is 0 Å². The van der Waals surface area contributed by atoms with E-state index in [0.29, 0.717) is 5.56 Å². The third-order valence-corrected chi connectivity index (χ3v) is 3.43. The van der Waals surface area contributed by atoms with Crippen LogP contribution in [0.5, 0.6) is 0 Å². The molecule has 2 aromatic heterocycles. The molecule has 0 saturated carbocycles. The first kappa shape index (κ1) is 14.1. The SMILES string of the molecule is CCCCN(CCBr)C(=O)c1cnn2ccccc12. The highest BCUT2D eigenvalue weighted by molar-refractivity contribution is 9.09. The number of rotatable bonds is 6. The van der Waals surface area contributed by atoms with Gasteiger partial charge in [0.25, 0.3) is 5.91 Å². The van der Waals surface area contributed by atoms with E-state index in [4.69, 9.17) is 0 Å². The average Bonchev–Trinajstić information content (AvgIpc) is 2.86. The van der Waals surface area contributed by atoms with Gasteiger partial charge >= 0.3 is 0 Å². The van der Waals surface area contributed by atoms with Gasteiger partial charge in [-0.05, 0) is 18.6 Å². The van der Waals surface area contributed by atoms with Crippen molar-refractivity contribution in [2.45, 2.75) is 19.8 Å². The lowest BCUT2D eigenvalue weighted by Gasteiger charge is -2.21. The number of pyridine rings is 1. The largest absolute Gasteiger partial charge is 0.338 e. The van der Waals surface area contributed by atoms with Gasteiger partial charge < -0.3 is 4.90 Å². The van der Waals surface area contributed by atoms with E-state index < -0.39 is 0 Å². The number of aromatic nitrogens is 2. The van der Waals surface area contributed by atoms with Gasteiger partial charge in [-0.3, -0.25) is 4.79 Å². The molecule has 4 nitrogen and oxygen atoms in total. The molecule has 1 amide bonds. The number of carbonyl (C=O) groups excluding carboxylic acids is 1. The Labute approximate surface area is 121 Å². The average molecular weight is 324 g/mol. The van der Waals surface area contributed by atoms with Crippen LogP contribution < -0.4 is 0 Å². The number of hydrogen-bond donors (Lipinski definition) is 0. The zero-order valence-corrected chi connectivity index (χ0v) is 12.6. The first-order valence-corrected chi connectivity index (χ1v) is 7.67. The Morgan fingerprint density at radius 1 is 1.42 bits per heavy atom. The summed E-state index contributed by atoms with van der Waals surface area (Å²) in [5.74, 6) is 0.0640. The van der Waals surface area contributed by atoms with Crippen LogP contribution in [0.4, 0.5) is 0 Å². The molecule has 0 radical (unpaired) electrons. The van der Waals surface area contributed by atoms with Crippen molar-refractivity contribution in [3.8, 4) is 0 Å². The molecule has 0 N–H and O–H groups in total. The zero-order chi connectivity index (χ0) is 13.7. The first-order valence-electron chi connectivity index (χ1n) is 6.55. The van der Waals surface area contributed by atoms with Crippen molar-refractivity contribution in [3.63, 3.8) is 0 Å². The number of unbranched alkanes of at least 4 members (excludes halogenated alkanes) is 1. The van der Waals surface area contributed by atoms with Crippen molar-refractivity contribution < 1.29 is 4.79 Å². The second kappa shape index (κ2) is 6.70. The van der Waals surface area contributed by atoms with Gasteiger partial charge in [0.1, 0.15) is 0 Å². The molecule has 0 atom stereocenters. The van der Waals surface area contributed by atoms with Gasteiger partial charge in [-0.25, -0.2) is 4.52 Å². The lowest BCUT2D eigenvalue weighted by Crippen LogP contribution is -2.33. The van der Waals surface area contributed by atoms with Gasteiger partial charge in [0.2, 0.25) is 0 Å². The van der Waals surface area contributed by atoms with E-state index in [-0.39, 0.29) is 5.91 Å². The molecular weight excluding hydrogens is 306 g/mol. The van der Waals surface area contributed by atoms with Crippen molar-refractivity contribution in [3.05, 3.63) is 36.2 Å². The number of fused-ring (bicyclic) bond motifs is 1. The smallest absolute Gasteiger partial charge is 0.257 e. The summed E-state index contributed by atoms with van der Waals surface area (Å²) in [5.41, 5.74) is 1.54. The van der Waals surface area contributed by atoms with Gasteiger partial charge in [-0.2, -0.15) is 5.10 Å². The lowest BCUT2D eigenvalue weighted by molar-refractivity contribution is 0.0766. The molecule has 2 heterocycles. The highest BCUT2D eigenvalue weighted by Crippen LogP contribution is 2.13. The Bertz CT molecular complexity index is 552. The number of hydrogen-bond acceptors (Lipinski definition) is 2. The molecule has 0 unspecified atom stereocenters. The molecule has 2 aromatic rings. The summed E-state index contributed by atoms with van der Waals surface area (Å²) in [6, 6.07) is 5.75. The molecule has 0 aliphatic rings. The summed E-state index contributed by atoms with van der Waals surface area (Å²) >= 11 is 3.41. The fourth-order valence-electron chi connectivity index (χ4n) is 2.04. The first-order chi connectivity index (χ1) is 9.27. The Hall–Kier alpha value is -1.36. The minimum Gasteiger partial charge on any atom is -0.338 e. The fourth-order valence-corrected chi connectivity index (χ4v) is 2.46. The maximum absolute atomic E-state index is 12.6. The maximum atomic E-state index is 12.6. The highest BCUT2D eigenvalue weighted by Gasteiger charge is 2.18. The normalized spacial score (nSPS) is 10.8. The third kappa shape index (κ3) is 3.15. The van der Waals surface area contributed by atoms with Gasteiger partial charge in [-0.15, -0.1) is 0 Å². The van der Waals surface area contributed by atoms with E-state index in [9.17, 15) is 4.79 Å². The predicted molar refractivity (Wildman–Crippen MR) is 79.8 cm³/mol. The van der Waals surface area contributed by atoms with Crippen molar-refractivity contribution in [1.29, 1.82) is 0 Å². The van der Waals surface area contributed by atoms with E-state index in [0.717, 1.165) is 36.8 Å². The van der Waals surface area contributed by atoms with Gasteiger partial charge in [-0.1, -0.05) is 35.3 Å². The molecule has 102 valence electrons. The number of nitrogens with zero attached hydrogens (tertiary/aromatic N) is 3. The second-order valence-corrected chi connectivity index (χ2v) is 5.22. The molecule has 0 bridgehead atoms. The molecule has 0 spiro atoms. The Kier molecular flexibility index (Phi) is 4.96. The molecule has 19 heavy (non-hydrogen) atoms. The Morgan fingerprint density at radius 2 is 2.26 bits per heavy atom. The fraction of sp³-hybridized carbons (Fsp3) is 0.429. The van der Waals surface area contributed by atoms with Gasteiger partial charge in [0, 0.05) is 24.6 Å². The summed E-state index contributed by atoms with van der Waals surface area (Å²) in [7, 11) is 0. The van der Waals surface area contributed by atoms with E-state index in [1.54, 1.807) is 10.7 Å². The number of alkyl halides is 1. The third-order valence-electron chi connectivity index (χ3n) is 3.08. The van der Waals surface area contributed by atoms with Crippen LogP contribution in [0.25, 0.3) is 5.52 Å². The van der Waals surface area contributed by atoms with Crippen LogP contribution >= 0.6 is 15.9 Å². The number of amides is 1. The van der Waals surface area contributed by atoms with Crippen molar-refractivity contribution in [1.82, 2.24) is 14.5 Å². The quantitative estimate of drug-likeness (QED) is 0.766. The molecule has 0 saturated heterocycles. The highest BCUT2D eigenvalue weighted by atomic mass is 79.9. The molecule has 0 aliphatic heterocycles. The van der Waals surface area contributed by atoms with Gasteiger partial charge in [0.05, 0.1) is 17.3 Å². The number of halogens is 1. The van der Waals surface area contributed by atoms with Crippen LogP contribution in [-0.4, -0.2) is 38.8 Å². The van der Waals surface area contributed by atoms with Crippen LogP contribution in [0.2, 0.25) is 0 Å². The molecule has 0 fully saturated rings. The Morgan fingerprint density at radius 3 is 3.00 bits per heavy atom. The number of carbonyl (C=O) groups is 1. The van der Waals surface area contributed by atoms with Crippen molar-refractivity contribution in [2.24, 2.45) is 0 Å². The van der Waals surface area contributed by atoms with E-state index in [1.165, 1.54) is 0 Å². The predicted octanol–water partition coefficient (Wildman–Crippen LogP) is 2.97.